The van der Waals surface area contributed by atoms with Crippen molar-refractivity contribution in [2.75, 3.05) is 11.4 Å². The topological polar surface area (TPSA) is 36.4 Å². The van der Waals surface area contributed by atoms with E-state index in [2.05, 4.69) is 36.7 Å². The van der Waals surface area contributed by atoms with Gasteiger partial charge in [-0.05, 0) is 32.8 Å². The van der Waals surface area contributed by atoms with Gasteiger partial charge in [0.2, 0.25) is 0 Å². The van der Waals surface area contributed by atoms with Gasteiger partial charge >= 0.3 is 0 Å². The van der Waals surface area contributed by atoms with Gasteiger partial charge in [0, 0.05) is 35.7 Å². The van der Waals surface area contributed by atoms with Crippen LogP contribution >= 0.6 is 0 Å². The van der Waals surface area contributed by atoms with E-state index in [9.17, 15) is 5.11 Å². The van der Waals surface area contributed by atoms with E-state index in [1.807, 2.05) is 6.92 Å². The average Bonchev–Trinajstić information content (AvgIpc) is 2.39. The van der Waals surface area contributed by atoms with Crippen molar-refractivity contribution in [1.82, 2.24) is 4.98 Å². The Bertz CT molecular complexity index is 366. The molecule has 1 heterocycles. The maximum absolute atomic E-state index is 9.47. The second-order valence-electron chi connectivity index (χ2n) is 4.92. The highest BCUT2D eigenvalue weighted by Crippen LogP contribution is 2.24. The molecule has 0 radical (unpaired) electrons. The van der Waals surface area contributed by atoms with Crippen LogP contribution in [0.3, 0.4) is 0 Å². The Morgan fingerprint density at radius 1 is 1.39 bits per heavy atom. The Hall–Kier alpha value is -1.09. The summed E-state index contributed by atoms with van der Waals surface area (Å²) < 4.78 is 0. The van der Waals surface area contributed by atoms with Crippen LogP contribution in [0.5, 0.6) is 0 Å². The third kappa shape index (κ3) is 3.70. The van der Waals surface area contributed by atoms with Crippen molar-refractivity contribution in [2.24, 2.45) is 0 Å². The summed E-state index contributed by atoms with van der Waals surface area (Å²) in [5.74, 6) is 0. The summed E-state index contributed by atoms with van der Waals surface area (Å²) in [7, 11) is 0. The minimum Gasteiger partial charge on any atom is -0.392 e. The quantitative estimate of drug-likeness (QED) is 0.806. The molecule has 1 aromatic rings. The highest BCUT2D eigenvalue weighted by atomic mass is 16.3. The van der Waals surface area contributed by atoms with Gasteiger partial charge in [0.05, 0.1) is 6.61 Å². The van der Waals surface area contributed by atoms with E-state index in [0.717, 1.165) is 29.9 Å². The van der Waals surface area contributed by atoms with Gasteiger partial charge < -0.3 is 10.0 Å². The lowest BCUT2D eigenvalue weighted by Crippen LogP contribution is -2.34. The van der Waals surface area contributed by atoms with E-state index < -0.39 is 0 Å². The molecule has 0 aromatic carbocycles. The molecule has 1 rings (SSSR count). The Morgan fingerprint density at radius 3 is 2.67 bits per heavy atom. The van der Waals surface area contributed by atoms with E-state index in [0.29, 0.717) is 6.04 Å². The Morgan fingerprint density at radius 2 is 2.11 bits per heavy atom. The molecule has 3 heteroatoms. The van der Waals surface area contributed by atoms with Gasteiger partial charge in [-0.3, -0.25) is 4.98 Å². The Balaban J connectivity index is 3.05. The zero-order valence-electron chi connectivity index (χ0n) is 12.1. The largest absolute Gasteiger partial charge is 0.392 e. The standard InChI is InChI=1S/C15H26N2O/c1-5-7-8-17(13(4)6-2)15-9-12(3)16-10-14(15)11-18/h9-10,13,18H,5-8,11H2,1-4H3. The highest BCUT2D eigenvalue weighted by Gasteiger charge is 2.16. The van der Waals surface area contributed by atoms with E-state index in [-0.39, 0.29) is 6.61 Å². The SMILES string of the molecule is CCCCN(c1cc(C)ncc1CO)C(C)CC. The summed E-state index contributed by atoms with van der Waals surface area (Å²) in [5.41, 5.74) is 3.08. The number of unbranched alkanes of at least 4 members (excludes halogenated alkanes) is 1. The van der Waals surface area contributed by atoms with Crippen molar-refractivity contribution in [3.05, 3.63) is 23.5 Å². The van der Waals surface area contributed by atoms with Crippen molar-refractivity contribution in [3.63, 3.8) is 0 Å². The van der Waals surface area contributed by atoms with E-state index in [1.165, 1.54) is 12.8 Å². The molecule has 0 saturated heterocycles. The van der Waals surface area contributed by atoms with Crippen LogP contribution in [0.25, 0.3) is 0 Å². The average molecular weight is 250 g/mol. The molecule has 102 valence electrons. The molecular weight excluding hydrogens is 224 g/mol. The number of nitrogens with zero attached hydrogens (tertiary/aromatic N) is 2. The molecule has 3 nitrogen and oxygen atoms in total. The van der Waals surface area contributed by atoms with E-state index in [1.54, 1.807) is 6.20 Å². The minimum absolute atomic E-state index is 0.0572. The van der Waals surface area contributed by atoms with Crippen molar-refractivity contribution >= 4 is 5.69 Å². The lowest BCUT2D eigenvalue weighted by atomic mass is 10.1. The zero-order valence-corrected chi connectivity index (χ0v) is 12.1. The summed E-state index contributed by atoms with van der Waals surface area (Å²) in [4.78, 5) is 6.68. The van der Waals surface area contributed by atoms with Gasteiger partial charge in [0.15, 0.2) is 0 Å². The maximum atomic E-state index is 9.47. The lowest BCUT2D eigenvalue weighted by Gasteiger charge is -2.32. The summed E-state index contributed by atoms with van der Waals surface area (Å²) >= 11 is 0. The molecule has 0 fully saturated rings. The van der Waals surface area contributed by atoms with Crippen LogP contribution in [0.15, 0.2) is 12.3 Å². The third-order valence-electron chi connectivity index (χ3n) is 3.45. The fourth-order valence-electron chi connectivity index (χ4n) is 2.09. The number of pyridine rings is 1. The predicted octanol–water partition coefficient (Wildman–Crippen LogP) is 3.29. The van der Waals surface area contributed by atoms with Gasteiger partial charge in [-0.25, -0.2) is 0 Å². The summed E-state index contributed by atoms with van der Waals surface area (Å²) in [5, 5.41) is 9.47. The predicted molar refractivity (Wildman–Crippen MR) is 76.9 cm³/mol. The van der Waals surface area contributed by atoms with Crippen LogP contribution in [0.2, 0.25) is 0 Å². The summed E-state index contributed by atoms with van der Waals surface area (Å²) in [6, 6.07) is 2.58. The first kappa shape index (κ1) is 15.0. The Kier molecular flexibility index (Phi) is 6.13. The van der Waals surface area contributed by atoms with Gasteiger partial charge in [-0.15, -0.1) is 0 Å². The first-order valence-corrected chi connectivity index (χ1v) is 6.97. The van der Waals surface area contributed by atoms with E-state index >= 15 is 0 Å². The fraction of sp³-hybridized carbons (Fsp3) is 0.667. The van der Waals surface area contributed by atoms with Crippen LogP contribution in [0.4, 0.5) is 5.69 Å². The van der Waals surface area contributed by atoms with Crippen LogP contribution in [0, 0.1) is 6.92 Å². The summed E-state index contributed by atoms with van der Waals surface area (Å²) in [6.45, 7) is 9.76. The molecule has 1 aromatic heterocycles. The number of aromatic nitrogens is 1. The number of aryl methyl sites for hydroxylation is 1. The number of aliphatic hydroxyl groups is 1. The van der Waals surface area contributed by atoms with Crippen LogP contribution < -0.4 is 4.90 Å². The smallest absolute Gasteiger partial charge is 0.0717 e. The van der Waals surface area contributed by atoms with Crippen molar-refractivity contribution < 1.29 is 5.11 Å². The monoisotopic (exact) mass is 250 g/mol. The van der Waals surface area contributed by atoms with Gasteiger partial charge in [-0.1, -0.05) is 20.3 Å². The number of rotatable bonds is 7. The van der Waals surface area contributed by atoms with Crippen LogP contribution in [-0.2, 0) is 6.61 Å². The first-order chi connectivity index (χ1) is 8.63. The first-order valence-electron chi connectivity index (χ1n) is 6.97. The molecular formula is C15H26N2O. The van der Waals surface area contributed by atoms with Gasteiger partial charge in [0.25, 0.3) is 0 Å². The Labute approximate surface area is 111 Å². The van der Waals surface area contributed by atoms with Crippen molar-refractivity contribution in [3.8, 4) is 0 Å². The van der Waals surface area contributed by atoms with Crippen LogP contribution in [0.1, 0.15) is 51.3 Å². The van der Waals surface area contributed by atoms with Crippen molar-refractivity contribution in [2.45, 2.75) is 59.6 Å². The second-order valence-corrected chi connectivity index (χ2v) is 4.92. The number of hydrogen-bond acceptors (Lipinski definition) is 3. The molecule has 0 saturated carbocycles. The number of aliphatic hydroxyl groups excluding tert-OH is 1. The molecule has 0 bridgehead atoms. The zero-order chi connectivity index (χ0) is 13.5. The molecule has 18 heavy (non-hydrogen) atoms. The molecule has 0 aliphatic heterocycles. The second kappa shape index (κ2) is 7.37. The fourth-order valence-corrected chi connectivity index (χ4v) is 2.09. The molecule has 1 N–H and O–H groups in total. The minimum atomic E-state index is 0.0572. The molecule has 1 unspecified atom stereocenters. The third-order valence-corrected chi connectivity index (χ3v) is 3.45. The molecule has 0 aliphatic rings. The molecule has 1 atom stereocenters. The van der Waals surface area contributed by atoms with Gasteiger partial charge in [-0.2, -0.15) is 0 Å². The number of hydrogen-bond donors (Lipinski definition) is 1. The van der Waals surface area contributed by atoms with E-state index in [4.69, 9.17) is 0 Å². The lowest BCUT2D eigenvalue weighted by molar-refractivity contribution is 0.281. The van der Waals surface area contributed by atoms with Crippen molar-refractivity contribution in [1.29, 1.82) is 0 Å². The van der Waals surface area contributed by atoms with Crippen LogP contribution in [-0.4, -0.2) is 22.7 Å². The normalized spacial score (nSPS) is 12.5. The highest BCUT2D eigenvalue weighted by molar-refractivity contribution is 5.54. The number of anilines is 1. The maximum Gasteiger partial charge on any atom is 0.0717 e. The molecule has 0 aliphatic carbocycles. The van der Waals surface area contributed by atoms with Gasteiger partial charge in [0.1, 0.15) is 0 Å². The molecule has 0 spiro atoms. The summed E-state index contributed by atoms with van der Waals surface area (Å²) in [6.07, 6.45) is 5.27. The molecule has 0 amide bonds.